The molecule has 2 atom stereocenters. The van der Waals surface area contributed by atoms with Crippen molar-refractivity contribution in [3.05, 3.63) is 29.6 Å². The summed E-state index contributed by atoms with van der Waals surface area (Å²) in [5, 5.41) is 10.1. The highest BCUT2D eigenvalue weighted by atomic mass is 19.1. The number of hydrogen-bond acceptors (Lipinski definition) is 2. The minimum Gasteiger partial charge on any atom is -0.488 e. The van der Waals surface area contributed by atoms with Crippen LogP contribution in [0.25, 0.3) is 0 Å². The van der Waals surface area contributed by atoms with E-state index in [9.17, 15) is 9.50 Å². The third-order valence-corrected chi connectivity index (χ3v) is 3.64. The Morgan fingerprint density at radius 2 is 2.12 bits per heavy atom. The Kier molecular flexibility index (Phi) is 3.13. The normalized spacial score (nSPS) is 27.1. The number of aliphatic hydroxyl groups is 1. The molecule has 2 rings (SSSR count). The lowest BCUT2D eigenvalue weighted by molar-refractivity contribution is 0.00488. The molecule has 0 amide bonds. The first-order chi connectivity index (χ1) is 7.90. The van der Waals surface area contributed by atoms with E-state index in [-0.39, 0.29) is 17.3 Å². The monoisotopic (exact) mass is 238 g/mol. The van der Waals surface area contributed by atoms with Crippen LogP contribution in [0.5, 0.6) is 5.75 Å². The molecule has 1 aliphatic carbocycles. The lowest BCUT2D eigenvalue weighted by atomic mass is 9.89. The van der Waals surface area contributed by atoms with Gasteiger partial charge in [0.2, 0.25) is 0 Å². The molecule has 0 bridgehead atoms. The molecule has 3 heteroatoms. The number of ether oxygens (including phenoxy) is 1. The molecule has 1 aromatic carbocycles. The highest BCUT2D eigenvalue weighted by Gasteiger charge is 2.42. The first-order valence-electron chi connectivity index (χ1n) is 6.01. The van der Waals surface area contributed by atoms with Gasteiger partial charge in [-0.15, -0.1) is 0 Å². The molecule has 1 N–H and O–H groups in total. The van der Waals surface area contributed by atoms with E-state index in [1.54, 1.807) is 19.1 Å². The molecular weight excluding hydrogens is 219 g/mol. The smallest absolute Gasteiger partial charge is 0.126 e. The lowest BCUT2D eigenvalue weighted by Crippen LogP contribution is -2.34. The van der Waals surface area contributed by atoms with Crippen LogP contribution in [0.2, 0.25) is 0 Å². The third-order valence-electron chi connectivity index (χ3n) is 3.64. The summed E-state index contributed by atoms with van der Waals surface area (Å²) in [6.45, 7) is 5.78. The van der Waals surface area contributed by atoms with E-state index >= 15 is 0 Å². The predicted molar refractivity (Wildman–Crippen MR) is 64.6 cm³/mol. The van der Waals surface area contributed by atoms with E-state index in [0.717, 1.165) is 12.8 Å². The maximum atomic E-state index is 13.1. The Balaban J connectivity index is 2.09. The van der Waals surface area contributed by atoms with Gasteiger partial charge in [-0.05, 0) is 48.9 Å². The van der Waals surface area contributed by atoms with Gasteiger partial charge in [-0.1, -0.05) is 13.8 Å². The van der Waals surface area contributed by atoms with Gasteiger partial charge in [0.15, 0.2) is 0 Å². The van der Waals surface area contributed by atoms with Crippen molar-refractivity contribution < 1.29 is 14.2 Å². The fraction of sp³-hybridized carbons (Fsp3) is 0.571. The number of aliphatic hydroxyl groups excluding tert-OH is 1. The van der Waals surface area contributed by atoms with Crippen molar-refractivity contribution in [3.8, 4) is 5.75 Å². The van der Waals surface area contributed by atoms with Gasteiger partial charge >= 0.3 is 0 Å². The molecular formula is C14H19FO2. The van der Waals surface area contributed by atoms with Gasteiger partial charge in [-0.3, -0.25) is 0 Å². The van der Waals surface area contributed by atoms with E-state index in [1.807, 2.05) is 13.8 Å². The van der Waals surface area contributed by atoms with Crippen LogP contribution in [0.3, 0.4) is 0 Å². The molecule has 94 valence electrons. The summed E-state index contributed by atoms with van der Waals surface area (Å²) >= 11 is 0. The number of halogens is 1. The molecule has 0 saturated heterocycles. The van der Waals surface area contributed by atoms with Gasteiger partial charge in [0.05, 0.1) is 6.10 Å². The minimum atomic E-state index is -0.465. The van der Waals surface area contributed by atoms with Crippen LogP contribution in [0.1, 0.15) is 32.3 Å². The molecule has 17 heavy (non-hydrogen) atoms. The summed E-state index contributed by atoms with van der Waals surface area (Å²) in [5.74, 6) is 0.398. The van der Waals surface area contributed by atoms with Crippen molar-refractivity contribution in [1.82, 2.24) is 0 Å². The van der Waals surface area contributed by atoms with Crippen LogP contribution in [0.15, 0.2) is 18.2 Å². The topological polar surface area (TPSA) is 29.5 Å². The number of benzene rings is 1. The maximum absolute atomic E-state index is 13.1. The van der Waals surface area contributed by atoms with E-state index in [1.165, 1.54) is 6.07 Å². The highest BCUT2D eigenvalue weighted by molar-refractivity contribution is 5.29. The van der Waals surface area contributed by atoms with Crippen molar-refractivity contribution >= 4 is 0 Å². The fourth-order valence-corrected chi connectivity index (χ4v) is 2.31. The zero-order chi connectivity index (χ0) is 12.6. The Morgan fingerprint density at radius 1 is 1.41 bits per heavy atom. The van der Waals surface area contributed by atoms with E-state index in [2.05, 4.69) is 0 Å². The quantitative estimate of drug-likeness (QED) is 0.858. The summed E-state index contributed by atoms with van der Waals surface area (Å²) in [5.41, 5.74) is 0.467. The van der Waals surface area contributed by atoms with E-state index in [4.69, 9.17) is 4.74 Å². The zero-order valence-electron chi connectivity index (χ0n) is 10.5. The Hall–Kier alpha value is -1.09. The molecule has 0 spiro atoms. The molecule has 1 aliphatic rings. The second kappa shape index (κ2) is 4.30. The molecule has 2 unspecified atom stereocenters. The van der Waals surface area contributed by atoms with E-state index < -0.39 is 6.10 Å². The Morgan fingerprint density at radius 3 is 2.65 bits per heavy atom. The molecule has 1 fully saturated rings. The first kappa shape index (κ1) is 12.4. The summed E-state index contributed by atoms with van der Waals surface area (Å²) in [6.07, 6.45) is 1.13. The van der Waals surface area contributed by atoms with Gasteiger partial charge in [-0.2, -0.15) is 0 Å². The molecule has 2 nitrogen and oxygen atoms in total. The fourth-order valence-electron chi connectivity index (χ4n) is 2.31. The second-order valence-electron chi connectivity index (χ2n) is 5.54. The van der Waals surface area contributed by atoms with Crippen LogP contribution >= 0.6 is 0 Å². The van der Waals surface area contributed by atoms with Crippen molar-refractivity contribution in [1.29, 1.82) is 0 Å². The summed E-state index contributed by atoms with van der Waals surface area (Å²) in [6, 6.07) is 4.69. The molecule has 0 aromatic heterocycles. The standard InChI is InChI=1S/C14H19FO2/c1-9-8-10(4-5-11(9)15)17-12-6-7-14(2,3)13(12)16/h4-5,8,12-13,16H,6-7H2,1-3H3. The number of aryl methyl sites for hydroxylation is 1. The lowest BCUT2D eigenvalue weighted by Gasteiger charge is -2.25. The van der Waals surface area contributed by atoms with Crippen LogP contribution in [0, 0.1) is 18.2 Å². The van der Waals surface area contributed by atoms with Crippen molar-refractivity contribution in [2.45, 2.75) is 45.8 Å². The largest absolute Gasteiger partial charge is 0.488 e. The number of rotatable bonds is 2. The van der Waals surface area contributed by atoms with Crippen molar-refractivity contribution in [2.75, 3.05) is 0 Å². The van der Waals surface area contributed by atoms with Gasteiger partial charge in [-0.25, -0.2) is 4.39 Å². The molecule has 1 aromatic rings. The molecule has 1 saturated carbocycles. The van der Waals surface area contributed by atoms with Crippen LogP contribution in [-0.4, -0.2) is 17.3 Å². The number of hydrogen-bond donors (Lipinski definition) is 1. The van der Waals surface area contributed by atoms with Gasteiger partial charge < -0.3 is 9.84 Å². The summed E-state index contributed by atoms with van der Waals surface area (Å²) in [7, 11) is 0. The molecule has 0 aliphatic heterocycles. The van der Waals surface area contributed by atoms with Crippen molar-refractivity contribution in [3.63, 3.8) is 0 Å². The zero-order valence-corrected chi connectivity index (χ0v) is 10.5. The molecule has 0 heterocycles. The van der Waals surface area contributed by atoms with Crippen LogP contribution in [0.4, 0.5) is 4.39 Å². The van der Waals surface area contributed by atoms with Gasteiger partial charge in [0.25, 0.3) is 0 Å². The Labute approximate surface area is 101 Å². The first-order valence-corrected chi connectivity index (χ1v) is 6.01. The third kappa shape index (κ3) is 2.44. The second-order valence-corrected chi connectivity index (χ2v) is 5.54. The van der Waals surface area contributed by atoms with Crippen molar-refractivity contribution in [2.24, 2.45) is 5.41 Å². The Bertz CT molecular complexity index is 415. The molecule has 0 radical (unpaired) electrons. The van der Waals surface area contributed by atoms with Gasteiger partial charge in [0, 0.05) is 0 Å². The highest BCUT2D eigenvalue weighted by Crippen LogP contribution is 2.39. The van der Waals surface area contributed by atoms with Crippen LogP contribution < -0.4 is 4.74 Å². The SMILES string of the molecule is Cc1cc(OC2CCC(C)(C)C2O)ccc1F. The average Bonchev–Trinajstić information content (AvgIpc) is 2.51. The average molecular weight is 238 g/mol. The maximum Gasteiger partial charge on any atom is 0.126 e. The summed E-state index contributed by atoms with van der Waals surface area (Å²) in [4.78, 5) is 0. The van der Waals surface area contributed by atoms with Crippen LogP contribution in [-0.2, 0) is 0 Å². The van der Waals surface area contributed by atoms with Gasteiger partial charge in [0.1, 0.15) is 17.7 Å². The summed E-state index contributed by atoms with van der Waals surface area (Å²) < 4.78 is 18.8. The minimum absolute atomic E-state index is 0.0975. The van der Waals surface area contributed by atoms with E-state index in [0.29, 0.717) is 11.3 Å². The predicted octanol–water partition coefficient (Wildman–Crippen LogP) is 3.06.